The molecule has 0 aliphatic carbocycles. The molecule has 1 aromatic carbocycles. The predicted octanol–water partition coefficient (Wildman–Crippen LogP) is 3.28. The summed E-state index contributed by atoms with van der Waals surface area (Å²) in [5.74, 6) is 1.91. The first kappa shape index (κ1) is 25.1. The minimum Gasteiger partial charge on any atom is -0.381 e. The number of aromatic amines is 1. The van der Waals surface area contributed by atoms with E-state index in [1.54, 1.807) is 12.5 Å². The van der Waals surface area contributed by atoms with Crippen molar-refractivity contribution in [2.45, 2.75) is 25.4 Å². The van der Waals surface area contributed by atoms with E-state index in [2.05, 4.69) is 41.1 Å². The van der Waals surface area contributed by atoms with E-state index >= 15 is 0 Å². The number of nitrogens with zero attached hydrogens (tertiary/aromatic N) is 5. The zero-order chi connectivity index (χ0) is 27.1. The van der Waals surface area contributed by atoms with Gasteiger partial charge in [-0.2, -0.15) is 0 Å². The van der Waals surface area contributed by atoms with Crippen LogP contribution in [-0.4, -0.2) is 76.2 Å². The number of carbonyl (C=O) groups excluding carboxylic acids is 1. The summed E-state index contributed by atoms with van der Waals surface area (Å²) in [5, 5.41) is 4.00. The van der Waals surface area contributed by atoms with Gasteiger partial charge in [-0.25, -0.2) is 9.97 Å². The lowest BCUT2D eigenvalue weighted by Crippen LogP contribution is -2.42. The number of H-pyrrole nitrogens is 1. The summed E-state index contributed by atoms with van der Waals surface area (Å²) in [4.78, 5) is 34.5. The molecule has 6 heterocycles. The van der Waals surface area contributed by atoms with Gasteiger partial charge in [0.25, 0.3) is 5.91 Å². The molecule has 3 aliphatic rings. The van der Waals surface area contributed by atoms with Crippen LogP contribution in [0.2, 0.25) is 0 Å². The fourth-order valence-corrected chi connectivity index (χ4v) is 6.31. The molecule has 0 unspecified atom stereocenters. The first-order valence-corrected chi connectivity index (χ1v) is 14.1. The number of piperidine rings is 1. The van der Waals surface area contributed by atoms with Crippen molar-refractivity contribution in [2.24, 2.45) is 17.6 Å². The van der Waals surface area contributed by atoms with Crippen LogP contribution >= 0.6 is 0 Å². The number of benzene rings is 1. The predicted molar refractivity (Wildman–Crippen MR) is 154 cm³/mol. The van der Waals surface area contributed by atoms with Gasteiger partial charge in [-0.05, 0) is 60.8 Å². The van der Waals surface area contributed by atoms with E-state index in [0.717, 1.165) is 92.5 Å². The Labute approximate surface area is 233 Å². The topological polar surface area (TPSA) is 125 Å². The van der Waals surface area contributed by atoms with Crippen LogP contribution in [0.3, 0.4) is 0 Å². The Bertz CT molecular complexity index is 1510. The molecule has 3 atom stereocenters. The molecule has 0 bridgehead atoms. The van der Waals surface area contributed by atoms with Gasteiger partial charge >= 0.3 is 0 Å². The fourth-order valence-electron chi connectivity index (χ4n) is 6.31. The summed E-state index contributed by atoms with van der Waals surface area (Å²) in [6.07, 6.45) is 5.51. The van der Waals surface area contributed by atoms with Crippen molar-refractivity contribution in [1.29, 1.82) is 0 Å². The van der Waals surface area contributed by atoms with E-state index in [0.29, 0.717) is 23.2 Å². The number of amides is 1. The highest BCUT2D eigenvalue weighted by Gasteiger charge is 2.38. The molecule has 10 nitrogen and oxygen atoms in total. The van der Waals surface area contributed by atoms with Gasteiger partial charge in [-0.15, -0.1) is 0 Å². The molecule has 4 N–H and O–H groups in total. The smallest absolute Gasteiger partial charge is 0.274 e. The molecule has 3 aromatic heterocycles. The number of rotatable bonds is 6. The summed E-state index contributed by atoms with van der Waals surface area (Å²) in [7, 11) is 0. The number of carbonyl (C=O) groups is 1. The molecule has 3 saturated heterocycles. The normalized spacial score (nSPS) is 23.0. The van der Waals surface area contributed by atoms with Crippen molar-refractivity contribution in [2.75, 3.05) is 49.6 Å². The van der Waals surface area contributed by atoms with Crippen molar-refractivity contribution in [1.82, 2.24) is 24.8 Å². The second-order valence-corrected chi connectivity index (χ2v) is 11.3. The van der Waals surface area contributed by atoms with Gasteiger partial charge in [-0.3, -0.25) is 14.7 Å². The molecule has 10 heteroatoms. The summed E-state index contributed by atoms with van der Waals surface area (Å²) in [5.41, 5.74) is 11.1. The Balaban J connectivity index is 1.03. The van der Waals surface area contributed by atoms with Crippen LogP contribution in [-0.2, 0) is 11.3 Å². The second kappa shape index (κ2) is 10.6. The lowest BCUT2D eigenvalue weighted by molar-refractivity contribution is 0.102. The zero-order valence-corrected chi connectivity index (χ0v) is 22.4. The van der Waals surface area contributed by atoms with Crippen LogP contribution in [0.1, 0.15) is 28.9 Å². The van der Waals surface area contributed by atoms with Crippen LogP contribution in [0.5, 0.6) is 0 Å². The molecule has 0 saturated carbocycles. The SMILES string of the molecule is N[C@@H]1CCCN(Cc2ccnc(C(=O)Nc3ccc(-c4cc5c(N6C[C@H]7COC[C@H]7C6)ncnc5[nH]4)cc3)c2)C1. The van der Waals surface area contributed by atoms with Gasteiger partial charge in [0, 0.05) is 61.6 Å². The minimum atomic E-state index is -0.226. The number of anilines is 2. The summed E-state index contributed by atoms with van der Waals surface area (Å²) in [6.45, 7) is 6.30. The van der Waals surface area contributed by atoms with Gasteiger partial charge in [0.2, 0.25) is 0 Å². The van der Waals surface area contributed by atoms with Crippen molar-refractivity contribution in [3.63, 3.8) is 0 Å². The quantitative estimate of drug-likeness (QED) is 0.342. The van der Waals surface area contributed by atoms with E-state index in [4.69, 9.17) is 10.5 Å². The summed E-state index contributed by atoms with van der Waals surface area (Å²) in [6, 6.07) is 14.0. The monoisotopic (exact) mass is 538 g/mol. The number of hydrogen-bond acceptors (Lipinski definition) is 8. The van der Waals surface area contributed by atoms with Crippen LogP contribution < -0.4 is 16.0 Å². The minimum absolute atomic E-state index is 0.223. The van der Waals surface area contributed by atoms with Gasteiger partial charge in [0.05, 0.1) is 18.6 Å². The van der Waals surface area contributed by atoms with Crippen LogP contribution in [0, 0.1) is 11.8 Å². The maximum absolute atomic E-state index is 13.0. The van der Waals surface area contributed by atoms with E-state index in [9.17, 15) is 4.79 Å². The Morgan fingerprint density at radius 3 is 2.67 bits per heavy atom. The van der Waals surface area contributed by atoms with E-state index < -0.39 is 0 Å². The maximum Gasteiger partial charge on any atom is 0.274 e. The maximum atomic E-state index is 13.0. The number of fused-ring (bicyclic) bond motifs is 2. The Kier molecular flexibility index (Phi) is 6.66. The molecule has 206 valence electrons. The molecule has 4 aromatic rings. The third-order valence-corrected chi connectivity index (χ3v) is 8.40. The molecule has 40 heavy (non-hydrogen) atoms. The van der Waals surface area contributed by atoms with Crippen LogP contribution in [0.25, 0.3) is 22.3 Å². The Hall–Kier alpha value is -3.86. The van der Waals surface area contributed by atoms with Crippen molar-refractivity contribution >= 4 is 28.4 Å². The van der Waals surface area contributed by atoms with E-state index in [1.807, 2.05) is 36.4 Å². The highest BCUT2D eigenvalue weighted by Crippen LogP contribution is 2.35. The van der Waals surface area contributed by atoms with Crippen LogP contribution in [0.4, 0.5) is 11.5 Å². The van der Waals surface area contributed by atoms with Crippen molar-refractivity contribution in [3.05, 3.63) is 66.2 Å². The molecular weight excluding hydrogens is 504 g/mol. The highest BCUT2D eigenvalue weighted by atomic mass is 16.5. The lowest BCUT2D eigenvalue weighted by Gasteiger charge is -2.30. The molecular formula is C30H34N8O2. The Morgan fingerprint density at radius 1 is 1.05 bits per heavy atom. The fraction of sp³-hybridized carbons (Fsp3) is 0.400. The molecule has 7 rings (SSSR count). The van der Waals surface area contributed by atoms with Gasteiger partial charge in [0.15, 0.2) is 0 Å². The molecule has 0 spiro atoms. The number of pyridine rings is 1. The lowest BCUT2D eigenvalue weighted by atomic mass is 10.0. The average Bonchev–Trinajstić information content (AvgIpc) is 3.69. The van der Waals surface area contributed by atoms with Gasteiger partial charge in [0.1, 0.15) is 23.5 Å². The molecule has 3 aliphatic heterocycles. The van der Waals surface area contributed by atoms with Crippen molar-refractivity contribution in [3.8, 4) is 11.3 Å². The first-order chi connectivity index (χ1) is 19.6. The number of ether oxygens (including phenoxy) is 1. The third kappa shape index (κ3) is 5.05. The Morgan fingerprint density at radius 2 is 1.88 bits per heavy atom. The van der Waals surface area contributed by atoms with E-state index in [1.165, 1.54) is 0 Å². The first-order valence-electron chi connectivity index (χ1n) is 14.1. The average molecular weight is 539 g/mol. The van der Waals surface area contributed by atoms with Gasteiger partial charge in [-0.1, -0.05) is 12.1 Å². The standard InChI is InChI=1S/C30H34N8O2/c31-23-2-1-9-37(15-23)12-19-7-8-32-27(10-19)30(39)35-24-5-3-20(4-6-24)26-11-25-28(36-26)33-18-34-29(25)38-13-21-16-40-17-22(21)14-38/h3-8,10-11,18,21-23H,1-2,9,12-17,31H2,(H,35,39)(H,33,34,36)/t21-,22+,23-/m1/s1. The molecule has 3 fully saturated rings. The molecule has 0 radical (unpaired) electrons. The van der Waals surface area contributed by atoms with Crippen LogP contribution in [0.15, 0.2) is 55.0 Å². The number of hydrogen-bond donors (Lipinski definition) is 3. The number of likely N-dealkylation sites (tertiary alicyclic amines) is 1. The number of nitrogens with one attached hydrogen (secondary N) is 2. The summed E-state index contributed by atoms with van der Waals surface area (Å²) >= 11 is 0. The number of aromatic nitrogens is 4. The molecule has 1 amide bonds. The summed E-state index contributed by atoms with van der Waals surface area (Å²) < 4.78 is 5.64. The largest absolute Gasteiger partial charge is 0.381 e. The third-order valence-electron chi connectivity index (χ3n) is 8.40. The number of nitrogens with two attached hydrogens (primary N) is 1. The second-order valence-electron chi connectivity index (χ2n) is 11.3. The highest BCUT2D eigenvalue weighted by molar-refractivity contribution is 6.03. The van der Waals surface area contributed by atoms with Crippen molar-refractivity contribution < 1.29 is 9.53 Å². The zero-order valence-electron chi connectivity index (χ0n) is 22.4. The van der Waals surface area contributed by atoms with Gasteiger partial charge < -0.3 is 25.7 Å². The van der Waals surface area contributed by atoms with E-state index in [-0.39, 0.29) is 11.9 Å².